The molecule has 4 nitrogen and oxygen atoms in total. The predicted molar refractivity (Wildman–Crippen MR) is 62.9 cm³/mol. The zero-order chi connectivity index (χ0) is 12.1. The number of hydrogen-bond donors (Lipinski definition) is 0. The summed E-state index contributed by atoms with van der Waals surface area (Å²) >= 11 is 0. The first kappa shape index (κ1) is 11.8. The number of fused-ring (bicyclic) bond motifs is 2. The zero-order valence-electron chi connectivity index (χ0n) is 9.84. The molecule has 17 heavy (non-hydrogen) atoms. The second-order valence-corrected chi connectivity index (χ2v) is 4.64. The van der Waals surface area contributed by atoms with Crippen molar-refractivity contribution in [1.82, 2.24) is 0 Å². The molecular formula is C13H16N4. The van der Waals surface area contributed by atoms with E-state index in [1.165, 1.54) is 5.57 Å². The molecule has 0 aromatic heterocycles. The van der Waals surface area contributed by atoms with Crippen molar-refractivity contribution in [2.24, 2.45) is 16.1 Å². The quantitative estimate of drug-likeness (QED) is 0.535. The Morgan fingerprint density at radius 3 is 2.35 bits per heavy atom. The van der Waals surface area contributed by atoms with Gasteiger partial charge in [0.05, 0.1) is 24.2 Å². The summed E-state index contributed by atoms with van der Waals surface area (Å²) < 4.78 is 0. The second kappa shape index (κ2) is 5.59. The molecular weight excluding hydrogens is 212 g/mol. The highest BCUT2D eigenvalue weighted by Gasteiger charge is 2.34. The molecule has 2 atom stereocenters. The van der Waals surface area contributed by atoms with Crippen LogP contribution < -0.4 is 0 Å². The molecule has 0 amide bonds. The van der Waals surface area contributed by atoms with Crippen molar-refractivity contribution in [3.63, 3.8) is 0 Å². The van der Waals surface area contributed by atoms with Crippen molar-refractivity contribution in [1.29, 1.82) is 10.5 Å². The van der Waals surface area contributed by atoms with Crippen LogP contribution in [-0.4, -0.2) is 12.1 Å². The van der Waals surface area contributed by atoms with E-state index in [1.807, 2.05) is 12.1 Å². The molecule has 0 radical (unpaired) electrons. The summed E-state index contributed by atoms with van der Waals surface area (Å²) in [6.07, 6.45) is 8.29. The monoisotopic (exact) mass is 228 g/mol. The van der Waals surface area contributed by atoms with Crippen molar-refractivity contribution in [2.45, 2.75) is 50.6 Å². The largest absolute Gasteiger partial charge is 0.197 e. The Morgan fingerprint density at radius 1 is 1.18 bits per heavy atom. The number of allylic oxidation sites excluding steroid dienone is 1. The molecule has 88 valence electrons. The lowest BCUT2D eigenvalue weighted by Gasteiger charge is -2.01. The van der Waals surface area contributed by atoms with E-state index in [1.54, 1.807) is 0 Å². The Bertz CT molecular complexity index is 380. The molecule has 1 aliphatic carbocycles. The van der Waals surface area contributed by atoms with Gasteiger partial charge in [0.2, 0.25) is 0 Å². The fourth-order valence-corrected chi connectivity index (χ4v) is 2.47. The van der Waals surface area contributed by atoms with Gasteiger partial charge in [-0.3, -0.25) is 0 Å². The number of azo groups is 1. The maximum atomic E-state index is 8.62. The fourth-order valence-electron chi connectivity index (χ4n) is 2.47. The third kappa shape index (κ3) is 2.71. The number of rotatable bonds is 5. The molecule has 1 heterocycles. The summed E-state index contributed by atoms with van der Waals surface area (Å²) in [5.41, 5.74) is 1.40. The molecule has 2 aliphatic rings. The summed E-state index contributed by atoms with van der Waals surface area (Å²) in [6.45, 7) is 0. The highest BCUT2D eigenvalue weighted by molar-refractivity contribution is 5.26. The van der Waals surface area contributed by atoms with Gasteiger partial charge in [-0.1, -0.05) is 12.5 Å². The van der Waals surface area contributed by atoms with Crippen molar-refractivity contribution in [3.8, 4) is 12.1 Å². The Hall–Kier alpha value is -1.68. The van der Waals surface area contributed by atoms with Gasteiger partial charge in [-0.15, -0.1) is 0 Å². The molecule has 1 saturated carbocycles. The number of nitrogens with zero attached hydrogens (tertiary/aromatic N) is 4. The number of unbranched alkanes of at least 4 members (excludes halogenated alkanes) is 2. The maximum absolute atomic E-state index is 8.62. The lowest BCUT2D eigenvalue weighted by molar-refractivity contribution is 0.636. The van der Waals surface area contributed by atoms with E-state index in [9.17, 15) is 0 Å². The van der Waals surface area contributed by atoms with Gasteiger partial charge in [-0.2, -0.15) is 20.8 Å². The molecule has 0 spiro atoms. The first-order valence-corrected chi connectivity index (χ1v) is 6.24. The molecule has 0 saturated heterocycles. The molecule has 1 aliphatic heterocycles. The van der Waals surface area contributed by atoms with Crippen LogP contribution >= 0.6 is 0 Å². The highest BCUT2D eigenvalue weighted by Crippen LogP contribution is 2.37. The Balaban J connectivity index is 1.66. The Morgan fingerprint density at radius 2 is 1.82 bits per heavy atom. The van der Waals surface area contributed by atoms with Crippen LogP contribution in [0.2, 0.25) is 0 Å². The molecule has 2 bridgehead atoms. The number of nitriles is 2. The summed E-state index contributed by atoms with van der Waals surface area (Å²) in [5.74, 6) is -0.435. The van der Waals surface area contributed by atoms with Gasteiger partial charge in [0.25, 0.3) is 0 Å². The third-order valence-electron chi connectivity index (χ3n) is 3.47. The molecule has 4 heteroatoms. The zero-order valence-corrected chi connectivity index (χ0v) is 9.84. The summed E-state index contributed by atoms with van der Waals surface area (Å²) in [4.78, 5) is 0. The van der Waals surface area contributed by atoms with E-state index in [0.717, 1.165) is 32.1 Å². The van der Waals surface area contributed by atoms with Crippen LogP contribution in [0.25, 0.3) is 0 Å². The standard InChI is InChI=1S/C13H16N4/c14-8-10(9-15)4-2-1-3-5-11-12-6-7-13(11)17-16-12/h5,10,12-13H,1-4,6-7H2/t12-,13+. The van der Waals surface area contributed by atoms with Gasteiger partial charge in [-0.25, -0.2) is 0 Å². The smallest absolute Gasteiger partial charge is 0.133 e. The lowest BCUT2D eigenvalue weighted by Crippen LogP contribution is -1.99. The summed E-state index contributed by atoms with van der Waals surface area (Å²) in [6, 6.07) is 4.74. The molecule has 0 N–H and O–H groups in total. The van der Waals surface area contributed by atoms with Gasteiger partial charge >= 0.3 is 0 Å². The minimum Gasteiger partial charge on any atom is -0.197 e. The average Bonchev–Trinajstić information content (AvgIpc) is 2.93. The number of hydrogen-bond acceptors (Lipinski definition) is 4. The predicted octanol–water partition coefficient (Wildman–Crippen LogP) is 3.13. The lowest BCUT2D eigenvalue weighted by atomic mass is 10.0. The van der Waals surface area contributed by atoms with Crippen LogP contribution in [-0.2, 0) is 0 Å². The molecule has 1 fully saturated rings. The molecule has 0 unspecified atom stereocenters. The van der Waals surface area contributed by atoms with E-state index >= 15 is 0 Å². The topological polar surface area (TPSA) is 72.3 Å². The van der Waals surface area contributed by atoms with Crippen molar-refractivity contribution in [3.05, 3.63) is 11.6 Å². The third-order valence-corrected chi connectivity index (χ3v) is 3.47. The first-order valence-electron chi connectivity index (χ1n) is 6.24. The van der Waals surface area contributed by atoms with Crippen LogP contribution in [0.1, 0.15) is 38.5 Å². The fraction of sp³-hybridized carbons (Fsp3) is 0.692. The Labute approximate surface area is 102 Å². The molecule has 0 aromatic carbocycles. The van der Waals surface area contributed by atoms with Crippen LogP contribution in [0, 0.1) is 28.6 Å². The highest BCUT2D eigenvalue weighted by atomic mass is 15.2. The van der Waals surface area contributed by atoms with E-state index in [4.69, 9.17) is 10.5 Å². The second-order valence-electron chi connectivity index (χ2n) is 4.64. The summed E-state index contributed by atoms with van der Waals surface area (Å²) in [5, 5.41) is 25.7. The van der Waals surface area contributed by atoms with E-state index in [-0.39, 0.29) is 0 Å². The van der Waals surface area contributed by atoms with Crippen molar-refractivity contribution in [2.75, 3.05) is 0 Å². The van der Waals surface area contributed by atoms with Gasteiger partial charge in [0, 0.05) is 0 Å². The van der Waals surface area contributed by atoms with Crippen molar-refractivity contribution < 1.29 is 0 Å². The molecule has 2 rings (SSSR count). The summed E-state index contributed by atoms with van der Waals surface area (Å²) in [7, 11) is 0. The first-order chi connectivity index (χ1) is 8.35. The van der Waals surface area contributed by atoms with Gasteiger partial charge in [0.15, 0.2) is 0 Å². The van der Waals surface area contributed by atoms with E-state index < -0.39 is 5.92 Å². The SMILES string of the molecule is N#CC(C#N)CCCCC=C1[C@@H]2CC[C@H]1N=N2. The van der Waals surface area contributed by atoms with E-state index in [0.29, 0.717) is 18.5 Å². The van der Waals surface area contributed by atoms with Gasteiger partial charge in [-0.05, 0) is 37.7 Å². The maximum Gasteiger partial charge on any atom is 0.133 e. The Kier molecular flexibility index (Phi) is 3.88. The normalized spacial score (nSPS) is 27.6. The minimum atomic E-state index is -0.435. The molecule has 0 aromatic rings. The van der Waals surface area contributed by atoms with Gasteiger partial charge < -0.3 is 0 Å². The van der Waals surface area contributed by atoms with Crippen molar-refractivity contribution >= 4 is 0 Å². The minimum absolute atomic E-state index is 0.367. The van der Waals surface area contributed by atoms with Crippen LogP contribution in [0.15, 0.2) is 21.9 Å². The average molecular weight is 228 g/mol. The van der Waals surface area contributed by atoms with Crippen LogP contribution in [0.4, 0.5) is 0 Å². The van der Waals surface area contributed by atoms with Crippen LogP contribution in [0.5, 0.6) is 0 Å². The van der Waals surface area contributed by atoms with Gasteiger partial charge in [0.1, 0.15) is 5.92 Å². The van der Waals surface area contributed by atoms with Crippen LogP contribution in [0.3, 0.4) is 0 Å². The van der Waals surface area contributed by atoms with E-state index in [2.05, 4.69) is 16.3 Å².